The number of hydrogen-bond donors (Lipinski definition) is 1. The first-order valence-electron chi connectivity index (χ1n) is 3.63. The molecule has 3 nitrogen and oxygen atoms in total. The van der Waals surface area contributed by atoms with Crippen molar-refractivity contribution in [2.45, 2.75) is 19.4 Å². The minimum absolute atomic E-state index is 0.138. The van der Waals surface area contributed by atoms with Gasteiger partial charge in [-0.3, -0.25) is 0 Å². The molecule has 60 valence electrons. The van der Waals surface area contributed by atoms with Gasteiger partial charge in [0, 0.05) is 12.4 Å². The molecule has 3 heteroatoms. The van der Waals surface area contributed by atoms with Gasteiger partial charge in [0.15, 0.2) is 0 Å². The van der Waals surface area contributed by atoms with E-state index in [0.29, 0.717) is 0 Å². The Morgan fingerprint density at radius 2 is 1.82 bits per heavy atom. The Hall–Kier alpha value is -0.960. The van der Waals surface area contributed by atoms with Gasteiger partial charge in [0.25, 0.3) is 0 Å². The van der Waals surface area contributed by atoms with E-state index >= 15 is 0 Å². The topological polar surface area (TPSA) is 37.8 Å². The Bertz CT molecular complexity index is 218. The molecule has 0 unspecified atom stereocenters. The Morgan fingerprint density at radius 3 is 2.27 bits per heavy atom. The number of nitrogens with one attached hydrogen (secondary N) is 1. The van der Waals surface area contributed by atoms with Crippen molar-refractivity contribution in [3.63, 3.8) is 0 Å². The standard InChI is InChI=1S/C8H13N3/c1-8(2,9-3)7-10-5-4-6-11-7/h4-6,9H,1-3H3. The predicted octanol–water partition coefficient (Wildman–Crippen LogP) is 0.931. The highest BCUT2D eigenvalue weighted by Crippen LogP contribution is 2.12. The maximum absolute atomic E-state index is 4.15. The summed E-state index contributed by atoms with van der Waals surface area (Å²) in [6, 6.07) is 1.81. The highest BCUT2D eigenvalue weighted by molar-refractivity contribution is 5.01. The molecule has 0 bridgehead atoms. The van der Waals surface area contributed by atoms with E-state index in [2.05, 4.69) is 15.3 Å². The number of hydrogen-bond acceptors (Lipinski definition) is 3. The molecule has 1 aromatic heterocycles. The number of aromatic nitrogens is 2. The fourth-order valence-corrected chi connectivity index (χ4v) is 0.734. The summed E-state index contributed by atoms with van der Waals surface area (Å²) in [4.78, 5) is 8.30. The highest BCUT2D eigenvalue weighted by Gasteiger charge is 2.19. The first-order chi connectivity index (χ1) is 5.17. The van der Waals surface area contributed by atoms with E-state index < -0.39 is 0 Å². The van der Waals surface area contributed by atoms with Gasteiger partial charge in [-0.25, -0.2) is 9.97 Å². The molecule has 1 aromatic rings. The summed E-state index contributed by atoms with van der Waals surface area (Å²) in [6.07, 6.45) is 3.50. The smallest absolute Gasteiger partial charge is 0.147 e. The van der Waals surface area contributed by atoms with Crippen LogP contribution in [0.4, 0.5) is 0 Å². The molecule has 0 saturated heterocycles. The van der Waals surface area contributed by atoms with Crippen LogP contribution in [-0.2, 0) is 5.54 Å². The second-order valence-electron chi connectivity index (χ2n) is 2.95. The van der Waals surface area contributed by atoms with Crippen LogP contribution < -0.4 is 5.32 Å². The maximum atomic E-state index is 4.15. The Balaban J connectivity index is 2.93. The second kappa shape index (κ2) is 2.96. The molecular formula is C8H13N3. The van der Waals surface area contributed by atoms with Gasteiger partial charge in [0.2, 0.25) is 0 Å². The normalized spacial score (nSPS) is 11.5. The summed E-state index contributed by atoms with van der Waals surface area (Å²) in [5.74, 6) is 0.822. The number of rotatable bonds is 2. The third kappa shape index (κ3) is 1.74. The Kier molecular flexibility index (Phi) is 2.19. The van der Waals surface area contributed by atoms with Crippen molar-refractivity contribution in [3.05, 3.63) is 24.3 Å². The lowest BCUT2D eigenvalue weighted by Crippen LogP contribution is -2.34. The summed E-state index contributed by atoms with van der Waals surface area (Å²) < 4.78 is 0. The van der Waals surface area contributed by atoms with Crippen LogP contribution in [0.3, 0.4) is 0 Å². The molecule has 1 rings (SSSR count). The molecule has 0 aliphatic carbocycles. The molecule has 0 aromatic carbocycles. The van der Waals surface area contributed by atoms with Gasteiger partial charge in [-0.2, -0.15) is 0 Å². The van der Waals surface area contributed by atoms with Crippen molar-refractivity contribution in [2.24, 2.45) is 0 Å². The molecule has 0 amide bonds. The zero-order chi connectivity index (χ0) is 8.32. The molecular weight excluding hydrogens is 138 g/mol. The van der Waals surface area contributed by atoms with Crippen molar-refractivity contribution in [1.82, 2.24) is 15.3 Å². The minimum atomic E-state index is -0.138. The van der Waals surface area contributed by atoms with Crippen LogP contribution in [0.1, 0.15) is 19.7 Å². The van der Waals surface area contributed by atoms with Crippen LogP contribution in [0.2, 0.25) is 0 Å². The van der Waals surface area contributed by atoms with Crippen LogP contribution in [0.5, 0.6) is 0 Å². The molecule has 1 N–H and O–H groups in total. The van der Waals surface area contributed by atoms with E-state index in [4.69, 9.17) is 0 Å². The summed E-state index contributed by atoms with van der Waals surface area (Å²) in [5.41, 5.74) is -0.138. The average Bonchev–Trinajstić information content (AvgIpc) is 2.06. The Morgan fingerprint density at radius 1 is 1.27 bits per heavy atom. The molecule has 0 fully saturated rings. The van der Waals surface area contributed by atoms with Crippen LogP contribution in [-0.4, -0.2) is 17.0 Å². The predicted molar refractivity (Wildman–Crippen MR) is 44.1 cm³/mol. The zero-order valence-corrected chi connectivity index (χ0v) is 7.13. The van der Waals surface area contributed by atoms with Gasteiger partial charge in [-0.15, -0.1) is 0 Å². The SMILES string of the molecule is CNC(C)(C)c1ncccn1. The third-order valence-electron chi connectivity index (χ3n) is 1.75. The van der Waals surface area contributed by atoms with Crippen molar-refractivity contribution in [2.75, 3.05) is 7.05 Å². The summed E-state index contributed by atoms with van der Waals surface area (Å²) in [5, 5.41) is 3.13. The van der Waals surface area contributed by atoms with Gasteiger partial charge in [0.1, 0.15) is 5.82 Å². The first-order valence-corrected chi connectivity index (χ1v) is 3.63. The summed E-state index contributed by atoms with van der Waals surface area (Å²) in [6.45, 7) is 4.09. The fraction of sp³-hybridized carbons (Fsp3) is 0.500. The molecule has 0 spiro atoms. The molecule has 0 atom stereocenters. The molecule has 0 saturated carbocycles. The van der Waals surface area contributed by atoms with Gasteiger partial charge in [-0.1, -0.05) is 0 Å². The van der Waals surface area contributed by atoms with Crippen molar-refractivity contribution < 1.29 is 0 Å². The lowest BCUT2D eigenvalue weighted by atomic mass is 10.1. The first kappa shape index (κ1) is 8.14. The van der Waals surface area contributed by atoms with Crippen LogP contribution >= 0.6 is 0 Å². The van der Waals surface area contributed by atoms with E-state index in [1.54, 1.807) is 12.4 Å². The van der Waals surface area contributed by atoms with Crippen LogP contribution in [0, 0.1) is 0 Å². The highest BCUT2D eigenvalue weighted by atomic mass is 15.0. The molecule has 1 heterocycles. The number of nitrogens with zero attached hydrogens (tertiary/aromatic N) is 2. The van der Waals surface area contributed by atoms with Crippen LogP contribution in [0.15, 0.2) is 18.5 Å². The molecule has 11 heavy (non-hydrogen) atoms. The fourth-order valence-electron chi connectivity index (χ4n) is 0.734. The largest absolute Gasteiger partial charge is 0.308 e. The summed E-state index contributed by atoms with van der Waals surface area (Å²) in [7, 11) is 1.90. The molecule has 0 aliphatic heterocycles. The van der Waals surface area contributed by atoms with E-state index in [1.165, 1.54) is 0 Å². The van der Waals surface area contributed by atoms with Gasteiger partial charge in [-0.05, 0) is 27.0 Å². The van der Waals surface area contributed by atoms with Gasteiger partial charge < -0.3 is 5.32 Å². The van der Waals surface area contributed by atoms with E-state index in [-0.39, 0.29) is 5.54 Å². The van der Waals surface area contributed by atoms with E-state index in [1.807, 2.05) is 27.0 Å². The van der Waals surface area contributed by atoms with Crippen molar-refractivity contribution in [1.29, 1.82) is 0 Å². The average molecular weight is 151 g/mol. The molecule has 0 radical (unpaired) electrons. The van der Waals surface area contributed by atoms with Crippen molar-refractivity contribution >= 4 is 0 Å². The van der Waals surface area contributed by atoms with Crippen LogP contribution in [0.25, 0.3) is 0 Å². The van der Waals surface area contributed by atoms with E-state index in [9.17, 15) is 0 Å². The van der Waals surface area contributed by atoms with Gasteiger partial charge >= 0.3 is 0 Å². The van der Waals surface area contributed by atoms with Crippen molar-refractivity contribution in [3.8, 4) is 0 Å². The third-order valence-corrected chi connectivity index (χ3v) is 1.75. The second-order valence-corrected chi connectivity index (χ2v) is 2.95. The maximum Gasteiger partial charge on any atom is 0.147 e. The minimum Gasteiger partial charge on any atom is -0.308 e. The van der Waals surface area contributed by atoms with E-state index in [0.717, 1.165) is 5.82 Å². The molecule has 0 aliphatic rings. The monoisotopic (exact) mass is 151 g/mol. The van der Waals surface area contributed by atoms with Gasteiger partial charge in [0.05, 0.1) is 5.54 Å². The Labute approximate surface area is 66.9 Å². The lowest BCUT2D eigenvalue weighted by Gasteiger charge is -2.21. The quantitative estimate of drug-likeness (QED) is 0.683. The lowest BCUT2D eigenvalue weighted by molar-refractivity contribution is 0.416. The summed E-state index contributed by atoms with van der Waals surface area (Å²) >= 11 is 0. The zero-order valence-electron chi connectivity index (χ0n) is 7.13.